The van der Waals surface area contributed by atoms with Crippen molar-refractivity contribution >= 4 is 23.4 Å². The van der Waals surface area contributed by atoms with Crippen LogP contribution in [-0.4, -0.2) is 33.5 Å². The molecule has 1 N–H and O–H groups in total. The van der Waals surface area contributed by atoms with E-state index in [4.69, 9.17) is 4.74 Å². The number of carbonyl (C=O) groups excluding carboxylic acids is 1. The third-order valence-electron chi connectivity index (χ3n) is 4.11. The molecule has 0 saturated heterocycles. The molecule has 0 unspecified atom stereocenters. The molecular formula is C21H21FN4O2S. The summed E-state index contributed by atoms with van der Waals surface area (Å²) in [5.41, 5.74) is 1.91. The highest BCUT2D eigenvalue weighted by Gasteiger charge is 2.16. The van der Waals surface area contributed by atoms with E-state index in [1.54, 1.807) is 25.3 Å². The Labute approximate surface area is 172 Å². The highest BCUT2D eigenvalue weighted by molar-refractivity contribution is 7.99. The molecule has 0 saturated carbocycles. The number of rotatable bonds is 8. The molecule has 0 spiro atoms. The molecule has 0 radical (unpaired) electrons. The van der Waals surface area contributed by atoms with Crippen LogP contribution in [0.3, 0.4) is 0 Å². The van der Waals surface area contributed by atoms with Gasteiger partial charge in [0.1, 0.15) is 11.6 Å². The fourth-order valence-electron chi connectivity index (χ4n) is 2.69. The van der Waals surface area contributed by atoms with Crippen LogP contribution in [0.25, 0.3) is 11.4 Å². The van der Waals surface area contributed by atoms with Crippen molar-refractivity contribution in [3.05, 3.63) is 66.5 Å². The molecule has 0 aliphatic heterocycles. The number of carbonyl (C=O) groups is 1. The molecule has 3 rings (SSSR count). The van der Waals surface area contributed by atoms with Crippen LogP contribution in [-0.2, 0) is 11.3 Å². The maximum absolute atomic E-state index is 13.8. The number of allylic oxidation sites excluding steroid dienone is 1. The number of amides is 1. The normalized spacial score (nSPS) is 10.6. The van der Waals surface area contributed by atoms with Crippen LogP contribution in [0, 0.1) is 12.7 Å². The molecule has 1 heterocycles. The summed E-state index contributed by atoms with van der Waals surface area (Å²) in [6, 6.07) is 12.1. The average Bonchev–Trinajstić information content (AvgIpc) is 3.12. The van der Waals surface area contributed by atoms with E-state index >= 15 is 0 Å². The number of nitrogens with zero attached hydrogens (tertiary/aromatic N) is 3. The zero-order valence-electron chi connectivity index (χ0n) is 16.2. The van der Waals surface area contributed by atoms with Crippen molar-refractivity contribution < 1.29 is 13.9 Å². The molecule has 0 atom stereocenters. The number of halogens is 1. The molecule has 6 nitrogen and oxygen atoms in total. The highest BCUT2D eigenvalue weighted by atomic mass is 32.2. The number of nitrogens with one attached hydrogen (secondary N) is 1. The molecule has 1 aromatic heterocycles. The van der Waals surface area contributed by atoms with Gasteiger partial charge in [0, 0.05) is 12.1 Å². The molecule has 8 heteroatoms. The fraction of sp³-hybridized carbons (Fsp3) is 0.190. The summed E-state index contributed by atoms with van der Waals surface area (Å²) < 4.78 is 20.9. The number of anilines is 1. The zero-order chi connectivity index (χ0) is 20.8. The zero-order valence-corrected chi connectivity index (χ0v) is 17.0. The second-order valence-electron chi connectivity index (χ2n) is 6.25. The van der Waals surface area contributed by atoms with Gasteiger partial charge in [0.15, 0.2) is 11.0 Å². The number of benzene rings is 2. The number of hydrogen-bond acceptors (Lipinski definition) is 5. The molecule has 0 aliphatic carbocycles. The van der Waals surface area contributed by atoms with Gasteiger partial charge in [0.05, 0.1) is 18.6 Å². The van der Waals surface area contributed by atoms with E-state index in [1.807, 2.05) is 35.8 Å². The summed E-state index contributed by atoms with van der Waals surface area (Å²) in [5.74, 6) is 0.702. The van der Waals surface area contributed by atoms with Crippen molar-refractivity contribution in [1.82, 2.24) is 14.8 Å². The third kappa shape index (κ3) is 5.03. The minimum atomic E-state index is -0.467. The fourth-order valence-corrected chi connectivity index (χ4v) is 3.44. The summed E-state index contributed by atoms with van der Waals surface area (Å²) in [4.78, 5) is 12.3. The van der Waals surface area contributed by atoms with E-state index in [0.717, 1.165) is 16.9 Å². The number of aryl methyl sites for hydroxylation is 1. The number of thioether (sulfide) groups is 1. The molecule has 2 aromatic carbocycles. The molecule has 150 valence electrons. The van der Waals surface area contributed by atoms with Crippen LogP contribution < -0.4 is 10.1 Å². The van der Waals surface area contributed by atoms with Crippen molar-refractivity contribution in [1.29, 1.82) is 0 Å². The smallest absolute Gasteiger partial charge is 0.234 e. The van der Waals surface area contributed by atoms with Crippen LogP contribution in [0.4, 0.5) is 10.1 Å². The van der Waals surface area contributed by atoms with Crippen molar-refractivity contribution in [2.45, 2.75) is 18.6 Å². The first-order chi connectivity index (χ1) is 14.0. The molecule has 1 amide bonds. The summed E-state index contributed by atoms with van der Waals surface area (Å²) in [6.45, 7) is 6.11. The SMILES string of the molecule is C=CCn1c(SCC(=O)Nc2cc(C)ccc2F)nnc1-c1ccc(OC)cc1. The Bertz CT molecular complexity index is 1020. The van der Waals surface area contributed by atoms with E-state index in [2.05, 4.69) is 22.1 Å². The second kappa shape index (κ2) is 9.38. The highest BCUT2D eigenvalue weighted by Crippen LogP contribution is 2.26. The maximum Gasteiger partial charge on any atom is 0.234 e. The molecular weight excluding hydrogens is 391 g/mol. The monoisotopic (exact) mass is 412 g/mol. The molecule has 0 fully saturated rings. The maximum atomic E-state index is 13.8. The lowest BCUT2D eigenvalue weighted by Gasteiger charge is -2.09. The van der Waals surface area contributed by atoms with Crippen molar-refractivity contribution in [2.75, 3.05) is 18.2 Å². The van der Waals surface area contributed by atoms with Crippen molar-refractivity contribution in [3.63, 3.8) is 0 Å². The summed E-state index contributed by atoms with van der Waals surface area (Å²) in [5, 5.41) is 11.6. The summed E-state index contributed by atoms with van der Waals surface area (Å²) in [6.07, 6.45) is 1.74. The van der Waals surface area contributed by atoms with Crippen molar-refractivity contribution in [2.24, 2.45) is 0 Å². The predicted molar refractivity (Wildman–Crippen MR) is 113 cm³/mol. The van der Waals surface area contributed by atoms with Gasteiger partial charge < -0.3 is 10.1 Å². The molecule has 3 aromatic rings. The number of methoxy groups -OCH3 is 1. The minimum Gasteiger partial charge on any atom is -0.497 e. The second-order valence-corrected chi connectivity index (χ2v) is 7.20. The molecule has 29 heavy (non-hydrogen) atoms. The van der Waals surface area contributed by atoms with E-state index in [-0.39, 0.29) is 17.3 Å². The lowest BCUT2D eigenvalue weighted by atomic mass is 10.2. The first-order valence-corrected chi connectivity index (χ1v) is 9.87. The van der Waals surface area contributed by atoms with Crippen molar-refractivity contribution in [3.8, 4) is 17.1 Å². The van der Waals surface area contributed by atoms with Crippen LogP contribution in [0.1, 0.15) is 5.56 Å². The first-order valence-electron chi connectivity index (χ1n) is 8.89. The predicted octanol–water partition coefficient (Wildman–Crippen LogP) is 4.32. The Morgan fingerprint density at radius 2 is 2.03 bits per heavy atom. The molecule has 0 aliphatic rings. The lowest BCUT2D eigenvalue weighted by Crippen LogP contribution is -2.15. The van der Waals surface area contributed by atoms with Gasteiger partial charge in [-0.3, -0.25) is 9.36 Å². The Kier molecular flexibility index (Phi) is 6.66. The van der Waals surface area contributed by atoms with Crippen LogP contribution >= 0.6 is 11.8 Å². The van der Waals surface area contributed by atoms with Gasteiger partial charge in [-0.15, -0.1) is 16.8 Å². The van der Waals surface area contributed by atoms with Gasteiger partial charge in [0.25, 0.3) is 0 Å². The number of ether oxygens (including phenoxy) is 1. The van der Waals surface area contributed by atoms with E-state index in [9.17, 15) is 9.18 Å². The minimum absolute atomic E-state index is 0.0747. The van der Waals surface area contributed by atoms with Gasteiger partial charge in [0.2, 0.25) is 5.91 Å². The molecule has 0 bridgehead atoms. The largest absolute Gasteiger partial charge is 0.497 e. The van der Waals surface area contributed by atoms with Crippen LogP contribution in [0.5, 0.6) is 5.75 Å². The Balaban J connectivity index is 1.73. The Morgan fingerprint density at radius 3 is 2.72 bits per heavy atom. The van der Waals surface area contributed by atoms with E-state index < -0.39 is 5.82 Å². The topological polar surface area (TPSA) is 69.0 Å². The van der Waals surface area contributed by atoms with Gasteiger partial charge in [-0.1, -0.05) is 23.9 Å². The van der Waals surface area contributed by atoms with Gasteiger partial charge in [-0.25, -0.2) is 4.39 Å². The number of hydrogen-bond donors (Lipinski definition) is 1. The van der Waals surface area contributed by atoms with Crippen LogP contribution in [0.2, 0.25) is 0 Å². The summed E-state index contributed by atoms with van der Waals surface area (Å²) in [7, 11) is 1.61. The summed E-state index contributed by atoms with van der Waals surface area (Å²) >= 11 is 1.23. The first kappa shape index (κ1) is 20.6. The van der Waals surface area contributed by atoms with E-state index in [0.29, 0.717) is 17.5 Å². The standard InChI is InChI=1S/C21H21FN4O2S/c1-4-11-26-20(15-6-8-16(28-3)9-7-15)24-25-21(26)29-13-19(27)23-18-12-14(2)5-10-17(18)22/h4-10,12H,1,11,13H2,2-3H3,(H,23,27). The Morgan fingerprint density at radius 1 is 1.28 bits per heavy atom. The van der Waals surface area contributed by atoms with Crippen LogP contribution in [0.15, 0.2) is 60.3 Å². The van der Waals surface area contributed by atoms with Gasteiger partial charge >= 0.3 is 0 Å². The number of aromatic nitrogens is 3. The quantitative estimate of drug-likeness (QED) is 0.441. The van der Waals surface area contributed by atoms with E-state index in [1.165, 1.54) is 17.8 Å². The lowest BCUT2D eigenvalue weighted by molar-refractivity contribution is -0.113. The third-order valence-corrected chi connectivity index (χ3v) is 5.07. The Hall–Kier alpha value is -3.13. The average molecular weight is 412 g/mol. The van der Waals surface area contributed by atoms with Gasteiger partial charge in [-0.05, 0) is 48.9 Å². The van der Waals surface area contributed by atoms with Gasteiger partial charge in [-0.2, -0.15) is 0 Å².